The van der Waals surface area contributed by atoms with Gasteiger partial charge in [0, 0.05) is 22.6 Å². The number of halogens is 3. The van der Waals surface area contributed by atoms with E-state index in [4.69, 9.17) is 39.5 Å². The Morgan fingerprint density at radius 1 is 1.14 bits per heavy atom. The fourth-order valence-corrected chi connectivity index (χ4v) is 2.83. The number of nitrogens with one attached hydrogen (secondary N) is 1. The zero-order chi connectivity index (χ0) is 21.4. The lowest BCUT2D eigenvalue weighted by molar-refractivity contribution is 0.163. The van der Waals surface area contributed by atoms with Crippen molar-refractivity contribution < 1.29 is 9.53 Å². The van der Waals surface area contributed by atoms with Gasteiger partial charge in [0.2, 0.25) is 3.79 Å². The van der Waals surface area contributed by atoms with Crippen molar-refractivity contribution in [2.75, 3.05) is 11.9 Å². The van der Waals surface area contributed by atoms with Crippen molar-refractivity contribution in [1.82, 2.24) is 14.8 Å². The quantitative estimate of drug-likeness (QED) is 0.496. The van der Waals surface area contributed by atoms with Crippen LogP contribution in [0.15, 0.2) is 36.4 Å². The molecule has 9 heteroatoms. The molecule has 1 aromatic carbocycles. The molecule has 0 bridgehead atoms. The van der Waals surface area contributed by atoms with Crippen LogP contribution >= 0.6 is 34.8 Å². The molecule has 0 radical (unpaired) electrons. The number of carbonyl (C=O) groups is 1. The summed E-state index contributed by atoms with van der Waals surface area (Å²) in [7, 11) is 0. The molecule has 3 rings (SSSR count). The van der Waals surface area contributed by atoms with Crippen molar-refractivity contribution in [3.63, 3.8) is 0 Å². The van der Waals surface area contributed by atoms with Crippen molar-refractivity contribution in [2.24, 2.45) is 0 Å². The number of benzene rings is 1. The van der Waals surface area contributed by atoms with Gasteiger partial charge in [-0.25, -0.2) is 9.48 Å². The van der Waals surface area contributed by atoms with Crippen molar-refractivity contribution in [3.8, 4) is 5.69 Å². The number of nitrogens with zero attached hydrogens (tertiary/aromatic N) is 3. The average Bonchev–Trinajstić information content (AvgIpc) is 3.03. The van der Waals surface area contributed by atoms with Crippen molar-refractivity contribution in [1.29, 1.82) is 0 Å². The number of rotatable bonds is 3. The molecule has 2 aromatic heterocycles. The molecule has 1 N–H and O–H groups in total. The number of hydrogen-bond donors (Lipinski definition) is 1. The Morgan fingerprint density at radius 3 is 2.52 bits per heavy atom. The Bertz CT molecular complexity index is 1050. The van der Waals surface area contributed by atoms with Crippen molar-refractivity contribution in [2.45, 2.75) is 36.9 Å². The van der Waals surface area contributed by atoms with Gasteiger partial charge in [-0.05, 0) is 31.2 Å². The average molecular weight is 456 g/mol. The fraction of sp³-hybridized carbons (Fsp3) is 0.350. The van der Waals surface area contributed by atoms with Gasteiger partial charge in [-0.1, -0.05) is 61.6 Å². The molecule has 2 heterocycles. The summed E-state index contributed by atoms with van der Waals surface area (Å²) in [6, 6.07) is 11.5. The minimum absolute atomic E-state index is 0.224. The number of fused-ring (bicyclic) bond motifs is 1. The summed E-state index contributed by atoms with van der Waals surface area (Å²) in [5, 5.41) is 8.33. The lowest BCUT2D eigenvalue weighted by Crippen LogP contribution is -2.22. The first kappa shape index (κ1) is 21.7. The smallest absolute Gasteiger partial charge is 0.412 e. The second-order valence-electron chi connectivity index (χ2n) is 7.72. The van der Waals surface area contributed by atoms with Gasteiger partial charge in [-0.2, -0.15) is 5.10 Å². The van der Waals surface area contributed by atoms with E-state index in [1.165, 1.54) is 0 Å². The van der Waals surface area contributed by atoms with Gasteiger partial charge >= 0.3 is 6.09 Å². The molecule has 0 aliphatic heterocycles. The highest BCUT2D eigenvalue weighted by atomic mass is 35.6. The van der Waals surface area contributed by atoms with Crippen LogP contribution in [0.25, 0.3) is 16.6 Å². The molecule has 1 amide bonds. The Labute approximate surface area is 184 Å². The number of amides is 1. The summed E-state index contributed by atoms with van der Waals surface area (Å²) in [5.41, 5.74) is 3.18. The second kappa shape index (κ2) is 8.01. The lowest BCUT2D eigenvalue weighted by atomic mass is 9.92. The third-order valence-electron chi connectivity index (χ3n) is 4.13. The van der Waals surface area contributed by atoms with Crippen LogP contribution in [0.3, 0.4) is 0 Å². The van der Waals surface area contributed by atoms with E-state index < -0.39 is 9.89 Å². The molecular weight excluding hydrogens is 435 g/mol. The molecule has 0 atom stereocenters. The van der Waals surface area contributed by atoms with E-state index in [1.807, 2.05) is 58.0 Å². The first-order valence-corrected chi connectivity index (χ1v) is 10.0. The number of aryl methyl sites for hydroxylation is 1. The molecule has 154 valence electrons. The van der Waals surface area contributed by atoms with E-state index in [0.717, 1.165) is 28.0 Å². The Kier molecular flexibility index (Phi) is 5.99. The third-order valence-corrected chi connectivity index (χ3v) is 4.46. The SMILES string of the molecule is Cc1ccc2cc(-n3nc(C(C)(C)C)cc3NC(=O)OCC(Cl)(Cl)Cl)ccc2n1. The minimum atomic E-state index is -1.68. The number of carbonyl (C=O) groups excluding carboxylic acids is 1. The van der Waals surface area contributed by atoms with Crippen LogP contribution in [0.5, 0.6) is 0 Å². The van der Waals surface area contributed by atoms with E-state index in [9.17, 15) is 4.79 Å². The van der Waals surface area contributed by atoms with E-state index in [-0.39, 0.29) is 12.0 Å². The van der Waals surface area contributed by atoms with Crippen LogP contribution in [0.1, 0.15) is 32.2 Å². The van der Waals surface area contributed by atoms with Crippen LogP contribution in [0, 0.1) is 6.92 Å². The van der Waals surface area contributed by atoms with E-state index in [2.05, 4.69) is 15.4 Å². The van der Waals surface area contributed by atoms with Crippen LogP contribution in [0.4, 0.5) is 10.6 Å². The molecule has 3 aromatic rings. The molecule has 0 unspecified atom stereocenters. The predicted octanol–water partition coefficient (Wildman–Crippen LogP) is 5.95. The van der Waals surface area contributed by atoms with Crippen molar-refractivity contribution in [3.05, 3.63) is 47.8 Å². The standard InChI is InChI=1S/C20H21Cl3N4O2/c1-12-5-6-13-9-14(7-8-15(13)24-12)27-17(10-16(26-27)19(2,3)4)25-18(28)29-11-20(21,22)23/h5-10H,11H2,1-4H3,(H,25,28). The molecule has 0 aliphatic carbocycles. The normalized spacial score (nSPS) is 12.2. The maximum absolute atomic E-state index is 12.2. The number of aromatic nitrogens is 3. The summed E-state index contributed by atoms with van der Waals surface area (Å²) in [6.45, 7) is 7.69. The Hall–Kier alpha value is -2.02. The van der Waals surface area contributed by atoms with E-state index in [0.29, 0.717) is 5.82 Å². The van der Waals surface area contributed by atoms with Gasteiger partial charge in [-0.3, -0.25) is 10.3 Å². The topological polar surface area (TPSA) is 69.0 Å². The highest BCUT2D eigenvalue weighted by Gasteiger charge is 2.24. The molecule has 6 nitrogen and oxygen atoms in total. The molecule has 0 fully saturated rings. The van der Waals surface area contributed by atoms with Gasteiger partial charge in [0.05, 0.1) is 16.9 Å². The number of anilines is 1. The largest absolute Gasteiger partial charge is 0.445 e. The van der Waals surface area contributed by atoms with Gasteiger partial charge in [-0.15, -0.1) is 0 Å². The summed E-state index contributed by atoms with van der Waals surface area (Å²) in [4.78, 5) is 16.7. The van der Waals surface area contributed by atoms with E-state index in [1.54, 1.807) is 10.7 Å². The first-order valence-electron chi connectivity index (χ1n) is 8.91. The lowest BCUT2D eigenvalue weighted by Gasteiger charge is -2.14. The first-order chi connectivity index (χ1) is 13.4. The molecule has 0 saturated heterocycles. The zero-order valence-electron chi connectivity index (χ0n) is 16.5. The summed E-state index contributed by atoms with van der Waals surface area (Å²) in [5.74, 6) is 0.448. The molecule has 0 spiro atoms. The van der Waals surface area contributed by atoms with Gasteiger partial charge < -0.3 is 4.74 Å². The second-order valence-corrected chi connectivity index (χ2v) is 10.2. The number of ether oxygens (including phenoxy) is 1. The number of alkyl halides is 3. The summed E-state index contributed by atoms with van der Waals surface area (Å²) in [6.07, 6.45) is -0.740. The molecular formula is C20H21Cl3N4O2. The predicted molar refractivity (Wildman–Crippen MR) is 118 cm³/mol. The highest BCUT2D eigenvalue weighted by molar-refractivity contribution is 6.67. The van der Waals surface area contributed by atoms with Gasteiger partial charge in [0.1, 0.15) is 12.4 Å². The number of hydrogen-bond acceptors (Lipinski definition) is 4. The fourth-order valence-electron chi connectivity index (χ4n) is 2.67. The van der Waals surface area contributed by atoms with Crippen molar-refractivity contribution >= 4 is 57.6 Å². The van der Waals surface area contributed by atoms with E-state index >= 15 is 0 Å². The summed E-state index contributed by atoms with van der Waals surface area (Å²) >= 11 is 16.9. The Balaban J connectivity index is 1.97. The number of pyridine rings is 1. The Morgan fingerprint density at radius 2 is 1.86 bits per heavy atom. The summed E-state index contributed by atoms with van der Waals surface area (Å²) < 4.78 is 4.95. The third kappa shape index (κ3) is 5.53. The van der Waals surface area contributed by atoms with Gasteiger partial charge in [0.15, 0.2) is 0 Å². The molecule has 0 aliphatic rings. The van der Waals surface area contributed by atoms with Crippen LogP contribution in [0.2, 0.25) is 0 Å². The zero-order valence-corrected chi connectivity index (χ0v) is 18.7. The maximum atomic E-state index is 12.2. The molecule has 29 heavy (non-hydrogen) atoms. The highest BCUT2D eigenvalue weighted by Crippen LogP contribution is 2.29. The van der Waals surface area contributed by atoms with Crippen LogP contribution in [-0.4, -0.2) is 31.3 Å². The minimum Gasteiger partial charge on any atom is -0.445 e. The van der Waals surface area contributed by atoms with Gasteiger partial charge in [0.25, 0.3) is 0 Å². The monoisotopic (exact) mass is 454 g/mol. The maximum Gasteiger partial charge on any atom is 0.412 e. The van der Waals surface area contributed by atoms with Crippen LogP contribution < -0.4 is 5.32 Å². The van der Waals surface area contributed by atoms with Crippen LogP contribution in [-0.2, 0) is 10.2 Å². The molecule has 0 saturated carbocycles.